The van der Waals surface area contributed by atoms with Crippen LogP contribution in [-0.4, -0.2) is 33.5 Å². The molecule has 4 rings (SSSR count). The molecular formula is C25H19ClFN5O2. The average molecular weight is 476 g/mol. The van der Waals surface area contributed by atoms with Gasteiger partial charge in [-0.1, -0.05) is 29.8 Å². The third kappa shape index (κ3) is 4.77. The second kappa shape index (κ2) is 9.76. The summed E-state index contributed by atoms with van der Waals surface area (Å²) < 4.78 is 14.6. The maximum absolute atomic E-state index is 14.6. The molecule has 1 aliphatic heterocycles. The molecule has 170 valence electrons. The molecule has 0 radical (unpaired) electrons. The number of aliphatic carboxylic acids is 1. The van der Waals surface area contributed by atoms with Crippen molar-refractivity contribution >= 4 is 35.9 Å². The highest BCUT2D eigenvalue weighted by molar-refractivity contribution is 6.31. The Morgan fingerprint density at radius 3 is 2.74 bits per heavy atom. The van der Waals surface area contributed by atoms with Gasteiger partial charge in [0.05, 0.1) is 18.0 Å². The minimum absolute atomic E-state index is 0.134. The minimum Gasteiger partial charge on any atom is -0.478 e. The van der Waals surface area contributed by atoms with E-state index < -0.39 is 5.97 Å². The molecule has 0 atom stereocenters. The smallest absolute Gasteiger partial charge is 0.331 e. The summed E-state index contributed by atoms with van der Waals surface area (Å²) in [7, 11) is 0. The van der Waals surface area contributed by atoms with Gasteiger partial charge in [0.25, 0.3) is 0 Å². The molecule has 9 heteroatoms. The van der Waals surface area contributed by atoms with Gasteiger partial charge in [-0.05, 0) is 50.1 Å². The average Bonchev–Trinajstić information content (AvgIpc) is 2.98. The zero-order chi connectivity index (χ0) is 24.2. The highest BCUT2D eigenvalue weighted by Gasteiger charge is 2.23. The third-order valence-electron chi connectivity index (χ3n) is 5.13. The number of halogens is 2. The molecule has 34 heavy (non-hydrogen) atoms. The molecule has 1 aromatic heterocycles. The Morgan fingerprint density at radius 1 is 1.21 bits per heavy atom. The van der Waals surface area contributed by atoms with E-state index in [1.807, 2.05) is 6.07 Å². The van der Waals surface area contributed by atoms with Crippen molar-refractivity contribution in [3.05, 3.63) is 99.7 Å². The number of anilines is 1. The molecule has 1 aliphatic rings. The fourth-order valence-electron chi connectivity index (χ4n) is 3.39. The summed E-state index contributed by atoms with van der Waals surface area (Å²) in [5.41, 5.74) is 3.72. The van der Waals surface area contributed by atoms with Crippen LogP contribution in [0.2, 0.25) is 5.02 Å². The maximum atomic E-state index is 14.6. The Kier molecular flexibility index (Phi) is 6.60. The highest BCUT2D eigenvalue weighted by atomic mass is 35.5. The number of carboxylic acids is 1. The normalized spacial score (nSPS) is 13.3. The molecular weight excluding hydrogens is 457 g/mol. The van der Waals surface area contributed by atoms with E-state index in [1.165, 1.54) is 25.1 Å². The number of allylic oxidation sites excluding steroid dienone is 2. The fourth-order valence-corrected chi connectivity index (χ4v) is 3.56. The van der Waals surface area contributed by atoms with E-state index in [9.17, 15) is 9.18 Å². The summed E-state index contributed by atoms with van der Waals surface area (Å²) >= 11 is 6.28. The zero-order valence-corrected chi connectivity index (χ0v) is 18.8. The first kappa shape index (κ1) is 23.0. The number of benzene rings is 2. The van der Waals surface area contributed by atoms with Crippen molar-refractivity contribution in [3.63, 3.8) is 0 Å². The summed E-state index contributed by atoms with van der Waals surface area (Å²) in [5, 5.41) is 12.4. The van der Waals surface area contributed by atoms with Gasteiger partial charge >= 0.3 is 5.97 Å². The van der Waals surface area contributed by atoms with Gasteiger partial charge in [0.2, 0.25) is 5.95 Å². The van der Waals surface area contributed by atoms with E-state index in [0.717, 1.165) is 11.1 Å². The van der Waals surface area contributed by atoms with Crippen LogP contribution in [0.1, 0.15) is 23.6 Å². The summed E-state index contributed by atoms with van der Waals surface area (Å²) in [6, 6.07) is 11.7. The number of aromatic nitrogens is 2. The van der Waals surface area contributed by atoms with Crippen LogP contribution in [-0.2, 0) is 11.3 Å². The number of nitrogens with one attached hydrogen (secondary N) is 1. The van der Waals surface area contributed by atoms with Gasteiger partial charge in [-0.25, -0.2) is 24.1 Å². The largest absolute Gasteiger partial charge is 0.478 e. The number of aliphatic imine (C=N–C) groups is 2. The van der Waals surface area contributed by atoms with Crippen molar-refractivity contribution in [3.8, 4) is 11.3 Å². The molecule has 0 saturated heterocycles. The fraction of sp³-hybridized carbons (Fsp3) is 0.0800. The van der Waals surface area contributed by atoms with Crippen LogP contribution < -0.4 is 5.32 Å². The van der Waals surface area contributed by atoms with E-state index in [0.29, 0.717) is 27.6 Å². The van der Waals surface area contributed by atoms with Gasteiger partial charge in [0.1, 0.15) is 11.6 Å². The number of carboxylic acid groups (broad SMARTS) is 1. The number of rotatable bonds is 6. The van der Waals surface area contributed by atoms with Gasteiger partial charge < -0.3 is 10.4 Å². The topological polar surface area (TPSA) is 99.8 Å². The molecule has 0 unspecified atom stereocenters. The quantitative estimate of drug-likeness (QED) is 0.287. The Balaban J connectivity index is 1.78. The molecule has 0 aliphatic carbocycles. The van der Waals surface area contributed by atoms with Crippen molar-refractivity contribution in [2.45, 2.75) is 13.5 Å². The molecule has 0 amide bonds. The number of fused-ring (bicyclic) bond motifs is 3. The number of hydrogen-bond acceptors (Lipinski definition) is 6. The zero-order valence-electron chi connectivity index (χ0n) is 18.1. The Bertz CT molecular complexity index is 1400. The lowest BCUT2D eigenvalue weighted by Crippen LogP contribution is -2.07. The van der Waals surface area contributed by atoms with Crippen LogP contribution in [0.3, 0.4) is 0 Å². The van der Waals surface area contributed by atoms with E-state index >= 15 is 0 Å². The van der Waals surface area contributed by atoms with Crippen LogP contribution in [0.15, 0.2) is 82.2 Å². The lowest BCUT2D eigenvalue weighted by atomic mass is 9.95. The molecule has 0 fully saturated rings. The van der Waals surface area contributed by atoms with Crippen molar-refractivity contribution in [1.29, 1.82) is 0 Å². The minimum atomic E-state index is -1.04. The molecule has 2 heterocycles. The highest BCUT2D eigenvalue weighted by Crippen LogP contribution is 2.34. The number of carbonyl (C=O) groups is 1. The Hall–Kier alpha value is -4.17. The van der Waals surface area contributed by atoms with Gasteiger partial charge in [-0.3, -0.25) is 4.99 Å². The molecule has 0 saturated carbocycles. The lowest BCUT2D eigenvalue weighted by molar-refractivity contribution is -0.132. The summed E-state index contributed by atoms with van der Waals surface area (Å²) in [6.07, 6.45) is 4.50. The summed E-state index contributed by atoms with van der Waals surface area (Å²) in [5.74, 6) is -0.923. The van der Waals surface area contributed by atoms with Gasteiger partial charge in [-0.15, -0.1) is 0 Å². The second-order valence-electron chi connectivity index (χ2n) is 7.39. The van der Waals surface area contributed by atoms with Crippen molar-refractivity contribution in [2.24, 2.45) is 9.98 Å². The first-order valence-electron chi connectivity index (χ1n) is 10.2. The summed E-state index contributed by atoms with van der Waals surface area (Å²) in [6.45, 7) is 5.21. The maximum Gasteiger partial charge on any atom is 0.331 e. The summed E-state index contributed by atoms with van der Waals surface area (Å²) in [4.78, 5) is 28.5. The SMILES string of the molecule is C=N/C(=C\C=C(/C)C(=O)O)Nc1ncc2c(n1)-c1ccc(Cl)cc1C(c1ccccc1F)=NC2. The first-order valence-corrected chi connectivity index (χ1v) is 10.6. The predicted octanol–water partition coefficient (Wildman–Crippen LogP) is 5.27. The van der Waals surface area contributed by atoms with Crippen LogP contribution in [0, 0.1) is 5.82 Å². The standard InChI is InChI=1S/C25H19ClFN5O2/c1-14(24(33)34)7-10-21(28-2)31-25-30-13-15-12-29-23(18-5-3-4-6-20(18)27)19-11-16(26)8-9-17(19)22(15)32-25/h3-11,13H,2,12H2,1H3,(H,33,34)(H,30,31,32)/b14-7+,21-10+. The number of nitrogens with zero attached hydrogens (tertiary/aromatic N) is 4. The van der Waals surface area contributed by atoms with Gasteiger partial charge in [0.15, 0.2) is 0 Å². The monoisotopic (exact) mass is 475 g/mol. The van der Waals surface area contributed by atoms with Crippen LogP contribution in [0.4, 0.5) is 10.3 Å². The third-order valence-corrected chi connectivity index (χ3v) is 5.37. The first-order chi connectivity index (χ1) is 16.4. The van der Waals surface area contributed by atoms with Crippen LogP contribution in [0.25, 0.3) is 11.3 Å². The molecule has 3 aromatic rings. The van der Waals surface area contributed by atoms with Crippen LogP contribution >= 0.6 is 11.6 Å². The number of hydrogen-bond donors (Lipinski definition) is 2. The van der Waals surface area contributed by atoms with E-state index in [4.69, 9.17) is 16.7 Å². The molecule has 0 bridgehead atoms. The molecule has 2 aromatic carbocycles. The van der Waals surface area contributed by atoms with Crippen molar-refractivity contribution < 1.29 is 14.3 Å². The van der Waals surface area contributed by atoms with Crippen LogP contribution in [0.5, 0.6) is 0 Å². The van der Waals surface area contributed by atoms with Gasteiger partial charge in [-0.2, -0.15) is 0 Å². The van der Waals surface area contributed by atoms with E-state index in [1.54, 1.807) is 36.5 Å². The van der Waals surface area contributed by atoms with Crippen molar-refractivity contribution in [2.75, 3.05) is 5.32 Å². The molecule has 7 nitrogen and oxygen atoms in total. The Labute approximate surface area is 200 Å². The van der Waals surface area contributed by atoms with Gasteiger partial charge in [0, 0.05) is 39.0 Å². The molecule has 0 spiro atoms. The van der Waals surface area contributed by atoms with Crippen molar-refractivity contribution in [1.82, 2.24) is 9.97 Å². The predicted molar refractivity (Wildman–Crippen MR) is 131 cm³/mol. The second-order valence-corrected chi connectivity index (χ2v) is 7.83. The lowest BCUT2D eigenvalue weighted by Gasteiger charge is -2.13. The molecule has 2 N–H and O–H groups in total. The van der Waals surface area contributed by atoms with E-state index in [-0.39, 0.29) is 29.7 Å². The Morgan fingerprint density at radius 2 is 2.00 bits per heavy atom. The van der Waals surface area contributed by atoms with E-state index in [2.05, 4.69) is 32.0 Å².